The number of benzene rings is 1. The van der Waals surface area contributed by atoms with E-state index in [2.05, 4.69) is 33.9 Å². The van der Waals surface area contributed by atoms with Crippen LogP contribution in [0.15, 0.2) is 24.4 Å². The molecule has 4 aliphatic rings. The fourth-order valence-electron chi connectivity index (χ4n) is 5.03. The highest BCUT2D eigenvalue weighted by atomic mass is 16.5. The highest BCUT2D eigenvalue weighted by molar-refractivity contribution is 5.91. The van der Waals surface area contributed by atoms with Gasteiger partial charge in [0.25, 0.3) is 0 Å². The summed E-state index contributed by atoms with van der Waals surface area (Å²) in [4.78, 5) is 23.7. The summed E-state index contributed by atoms with van der Waals surface area (Å²) in [5.41, 5.74) is 2.65. The summed E-state index contributed by atoms with van der Waals surface area (Å²) in [7, 11) is 1.70. The fraction of sp³-hybridized carbons (Fsp3) is 0.542. The second-order valence-electron chi connectivity index (χ2n) is 8.57. The van der Waals surface area contributed by atoms with Gasteiger partial charge in [0.15, 0.2) is 0 Å². The molecule has 0 spiro atoms. The summed E-state index contributed by atoms with van der Waals surface area (Å²) in [5.74, 6) is 3.98. The van der Waals surface area contributed by atoms with E-state index in [9.17, 15) is 4.79 Å². The molecule has 1 aromatic carbocycles. The molecule has 2 unspecified atom stereocenters. The first-order valence-corrected chi connectivity index (χ1v) is 11.3. The molecule has 0 radical (unpaired) electrons. The van der Waals surface area contributed by atoms with Crippen LogP contribution in [0, 0.1) is 17.8 Å². The minimum Gasteiger partial charge on any atom is -0.496 e. The maximum atomic E-state index is 12.4. The van der Waals surface area contributed by atoms with E-state index >= 15 is 0 Å². The summed E-state index contributed by atoms with van der Waals surface area (Å²) in [6.45, 7) is 5.67. The molecule has 2 bridgehead atoms. The van der Waals surface area contributed by atoms with Gasteiger partial charge in [-0.15, -0.1) is 0 Å². The molecule has 2 aliphatic carbocycles. The van der Waals surface area contributed by atoms with Crippen LogP contribution in [0.3, 0.4) is 0 Å². The molecule has 2 saturated carbocycles. The number of nitrogens with zero attached hydrogens (tertiary/aromatic N) is 3. The molecular formula is C24H29N3O4. The predicted molar refractivity (Wildman–Crippen MR) is 116 cm³/mol. The molecule has 2 atom stereocenters. The van der Waals surface area contributed by atoms with Crippen LogP contribution in [-0.2, 0) is 17.6 Å². The third kappa shape index (κ3) is 3.60. The molecule has 0 N–H and O–H groups in total. The van der Waals surface area contributed by atoms with Crippen molar-refractivity contribution in [2.45, 2.75) is 39.2 Å². The highest BCUT2D eigenvalue weighted by Crippen LogP contribution is 2.75. The lowest BCUT2D eigenvalue weighted by molar-refractivity contribution is 0.0520. The molecule has 0 amide bonds. The smallest absolute Gasteiger partial charge is 0.345 e. The van der Waals surface area contributed by atoms with E-state index in [1.807, 2.05) is 6.07 Å². The number of piperidine rings is 1. The molecule has 2 saturated heterocycles. The van der Waals surface area contributed by atoms with Crippen molar-refractivity contribution in [3.8, 4) is 11.6 Å². The van der Waals surface area contributed by atoms with Gasteiger partial charge in [-0.1, -0.05) is 25.5 Å². The van der Waals surface area contributed by atoms with Crippen LogP contribution in [0.1, 0.15) is 41.8 Å². The van der Waals surface area contributed by atoms with Crippen LogP contribution in [0.4, 0.5) is 5.95 Å². The highest BCUT2D eigenvalue weighted by Gasteiger charge is 2.81. The second-order valence-corrected chi connectivity index (χ2v) is 8.57. The Morgan fingerprint density at radius 1 is 1.23 bits per heavy atom. The maximum absolute atomic E-state index is 12.4. The minimum atomic E-state index is -0.449. The van der Waals surface area contributed by atoms with Crippen molar-refractivity contribution in [1.29, 1.82) is 0 Å². The van der Waals surface area contributed by atoms with Crippen molar-refractivity contribution < 1.29 is 19.0 Å². The molecule has 164 valence electrons. The number of carbonyl (C=O) groups is 1. The Hall–Kier alpha value is -2.83. The van der Waals surface area contributed by atoms with Gasteiger partial charge in [-0.3, -0.25) is 0 Å². The number of anilines is 1. The number of methoxy groups -OCH3 is 1. The van der Waals surface area contributed by atoms with Crippen LogP contribution < -0.4 is 14.4 Å². The standard InChI is InChI=1S/C24H29N3O4/c1-4-6-15-11-14(7-8-18(15)29-3)9-10-31-22-16(23(28)30-5-2)12-25-24(26-22)27-13-17-19-20(17)21(19)27/h7-8,11-12,17,19-21H,4-6,9-10,13H2,1-3H3. The SMILES string of the molecule is CCCc1cc(CCOc2nc(N3CC4C5C4C53)ncc2C(=O)OCC)ccc1OC. The average Bonchev–Trinajstić information content (AvgIpc) is 3.59. The lowest BCUT2D eigenvalue weighted by Crippen LogP contribution is -2.23. The molecule has 7 heteroatoms. The van der Waals surface area contributed by atoms with Crippen molar-refractivity contribution >= 4 is 11.9 Å². The first-order valence-electron chi connectivity index (χ1n) is 11.3. The van der Waals surface area contributed by atoms with E-state index in [1.54, 1.807) is 20.2 Å². The summed E-state index contributed by atoms with van der Waals surface area (Å²) < 4.78 is 16.6. The Kier molecular flexibility index (Phi) is 5.20. The molecule has 1 aromatic heterocycles. The Morgan fingerprint density at radius 3 is 2.74 bits per heavy atom. The zero-order valence-electron chi connectivity index (χ0n) is 18.3. The van der Waals surface area contributed by atoms with Crippen molar-refractivity contribution in [3.63, 3.8) is 0 Å². The molecule has 7 nitrogen and oxygen atoms in total. The van der Waals surface area contributed by atoms with Crippen LogP contribution in [0.5, 0.6) is 11.6 Å². The number of hydrogen-bond acceptors (Lipinski definition) is 7. The van der Waals surface area contributed by atoms with Crippen LogP contribution in [0.25, 0.3) is 0 Å². The molecule has 4 fully saturated rings. The molecule has 2 aliphatic heterocycles. The molecular weight excluding hydrogens is 394 g/mol. The molecule has 31 heavy (non-hydrogen) atoms. The van der Waals surface area contributed by atoms with Gasteiger partial charge >= 0.3 is 5.97 Å². The van der Waals surface area contributed by atoms with Gasteiger partial charge in [0.1, 0.15) is 11.3 Å². The number of ether oxygens (including phenoxy) is 3. The Bertz CT molecular complexity index is 978. The van der Waals surface area contributed by atoms with E-state index < -0.39 is 5.97 Å². The monoisotopic (exact) mass is 423 g/mol. The first kappa shape index (κ1) is 20.1. The van der Waals surface area contributed by atoms with Gasteiger partial charge < -0.3 is 19.1 Å². The maximum Gasteiger partial charge on any atom is 0.345 e. The van der Waals surface area contributed by atoms with Gasteiger partial charge in [-0.05, 0) is 48.3 Å². The number of rotatable bonds is 10. The number of carbonyl (C=O) groups excluding carboxylic acids is 1. The fourth-order valence-corrected chi connectivity index (χ4v) is 5.03. The topological polar surface area (TPSA) is 73.8 Å². The number of aryl methyl sites for hydroxylation is 1. The second kappa shape index (κ2) is 8.02. The number of fused-ring (bicyclic) bond motifs is 1. The Labute approximate surface area is 182 Å². The summed E-state index contributed by atoms with van der Waals surface area (Å²) >= 11 is 0. The third-order valence-corrected chi connectivity index (χ3v) is 6.69. The van der Waals surface area contributed by atoms with E-state index in [0.29, 0.717) is 37.5 Å². The number of aromatic nitrogens is 2. The first-order chi connectivity index (χ1) is 15.2. The normalized spacial score (nSPS) is 24.5. The quantitative estimate of drug-likeness (QED) is 0.543. The number of esters is 1. The van der Waals surface area contributed by atoms with Gasteiger partial charge in [-0.25, -0.2) is 9.78 Å². The lowest BCUT2D eigenvalue weighted by atomic mass is 10.0. The lowest BCUT2D eigenvalue weighted by Gasteiger charge is -2.18. The predicted octanol–water partition coefficient (Wildman–Crippen LogP) is 3.30. The van der Waals surface area contributed by atoms with Crippen molar-refractivity contribution in [2.24, 2.45) is 17.8 Å². The van der Waals surface area contributed by atoms with Crippen molar-refractivity contribution in [1.82, 2.24) is 9.97 Å². The largest absolute Gasteiger partial charge is 0.496 e. The van der Waals surface area contributed by atoms with E-state index in [0.717, 1.165) is 42.9 Å². The zero-order chi connectivity index (χ0) is 21.5. The van der Waals surface area contributed by atoms with Crippen LogP contribution >= 0.6 is 0 Å². The van der Waals surface area contributed by atoms with E-state index in [4.69, 9.17) is 14.2 Å². The minimum absolute atomic E-state index is 0.283. The van der Waals surface area contributed by atoms with Gasteiger partial charge in [0.2, 0.25) is 11.8 Å². The molecule has 3 heterocycles. The number of hydrogen-bond donors (Lipinski definition) is 0. The van der Waals surface area contributed by atoms with E-state index in [1.165, 1.54) is 11.1 Å². The third-order valence-electron chi connectivity index (χ3n) is 6.69. The van der Waals surface area contributed by atoms with Crippen LogP contribution in [-0.4, -0.2) is 48.8 Å². The summed E-state index contributed by atoms with van der Waals surface area (Å²) in [5, 5.41) is 0. The molecule has 6 rings (SSSR count). The summed E-state index contributed by atoms with van der Waals surface area (Å²) in [6.07, 6.45) is 4.29. The zero-order valence-corrected chi connectivity index (χ0v) is 18.3. The van der Waals surface area contributed by atoms with Crippen LogP contribution in [0.2, 0.25) is 0 Å². The van der Waals surface area contributed by atoms with Gasteiger partial charge in [-0.2, -0.15) is 4.98 Å². The van der Waals surface area contributed by atoms with Crippen molar-refractivity contribution in [3.05, 3.63) is 41.1 Å². The van der Waals surface area contributed by atoms with Crippen molar-refractivity contribution in [2.75, 3.05) is 31.8 Å². The van der Waals surface area contributed by atoms with E-state index in [-0.39, 0.29) is 5.56 Å². The Morgan fingerprint density at radius 2 is 2.06 bits per heavy atom. The van der Waals surface area contributed by atoms with Gasteiger partial charge in [0, 0.05) is 19.0 Å². The molecule has 2 aromatic rings. The average molecular weight is 424 g/mol. The van der Waals surface area contributed by atoms with Gasteiger partial charge in [0.05, 0.1) is 26.5 Å². The Balaban J connectivity index is 1.30. The summed E-state index contributed by atoms with van der Waals surface area (Å²) in [6, 6.07) is 6.83.